The molecule has 1 amide bonds. The van der Waals surface area contributed by atoms with E-state index in [1.165, 1.54) is 0 Å². The van der Waals surface area contributed by atoms with Gasteiger partial charge >= 0.3 is 5.97 Å². The highest BCUT2D eigenvalue weighted by molar-refractivity contribution is 5.95. The summed E-state index contributed by atoms with van der Waals surface area (Å²) in [6, 6.07) is 13.2. The monoisotopic (exact) mass is 409 g/mol. The molecule has 2 aliphatic heterocycles. The summed E-state index contributed by atoms with van der Waals surface area (Å²) in [4.78, 5) is 27.8. The average molecular weight is 409 g/mol. The van der Waals surface area contributed by atoms with E-state index in [4.69, 9.17) is 4.74 Å². The first-order valence-corrected chi connectivity index (χ1v) is 10.3. The van der Waals surface area contributed by atoms with Crippen LogP contribution in [-0.4, -0.2) is 49.3 Å². The molecule has 1 fully saturated rings. The zero-order valence-electron chi connectivity index (χ0n) is 17.3. The predicted molar refractivity (Wildman–Crippen MR) is 116 cm³/mol. The zero-order chi connectivity index (χ0) is 21.3. The number of aromatic carboxylic acids is 1. The maximum atomic E-state index is 12.2. The van der Waals surface area contributed by atoms with Crippen LogP contribution in [0.2, 0.25) is 0 Å². The van der Waals surface area contributed by atoms with Crippen LogP contribution in [-0.2, 0) is 9.53 Å². The molecule has 4 rings (SSSR count). The standard InChI is InChI=1S/C23H27N3O4/c1-15-13-21(20-14-17(23(28)29)3-8-22(20)26(15)16(2)27)24-18-4-6-19(7-5-18)25-9-11-30-12-10-25/h3-8,14-15,21,24H,9-13H2,1-2H3,(H,28,29)/t15-,21+/m0/s1. The Kier molecular flexibility index (Phi) is 5.63. The van der Waals surface area contributed by atoms with E-state index in [9.17, 15) is 14.7 Å². The number of nitrogens with zero attached hydrogens (tertiary/aromatic N) is 2. The van der Waals surface area contributed by atoms with Gasteiger partial charge in [0.15, 0.2) is 0 Å². The molecule has 0 radical (unpaired) electrons. The number of anilines is 3. The van der Waals surface area contributed by atoms with Crippen molar-refractivity contribution in [2.45, 2.75) is 32.4 Å². The minimum atomic E-state index is -0.973. The largest absolute Gasteiger partial charge is 0.478 e. The van der Waals surface area contributed by atoms with Gasteiger partial charge in [0, 0.05) is 43.1 Å². The smallest absolute Gasteiger partial charge is 0.335 e. The molecule has 30 heavy (non-hydrogen) atoms. The van der Waals surface area contributed by atoms with Crippen molar-refractivity contribution in [2.75, 3.05) is 41.4 Å². The van der Waals surface area contributed by atoms with Crippen LogP contribution < -0.4 is 15.1 Å². The van der Waals surface area contributed by atoms with Crippen molar-refractivity contribution in [3.05, 3.63) is 53.6 Å². The van der Waals surface area contributed by atoms with E-state index in [2.05, 4.69) is 22.3 Å². The summed E-state index contributed by atoms with van der Waals surface area (Å²) in [5.41, 5.74) is 3.96. The quantitative estimate of drug-likeness (QED) is 0.804. The van der Waals surface area contributed by atoms with Crippen LogP contribution in [0.3, 0.4) is 0 Å². The third-order valence-electron chi connectivity index (χ3n) is 5.85. The SMILES string of the molecule is CC(=O)N1c2ccc(C(=O)O)cc2[C@H](Nc2ccc(N3CCOCC3)cc2)C[C@@H]1C. The Hall–Kier alpha value is -3.06. The van der Waals surface area contributed by atoms with Crippen molar-refractivity contribution in [3.8, 4) is 0 Å². The summed E-state index contributed by atoms with van der Waals surface area (Å²) in [6.45, 7) is 6.83. The molecule has 7 heteroatoms. The summed E-state index contributed by atoms with van der Waals surface area (Å²) >= 11 is 0. The van der Waals surface area contributed by atoms with Crippen LogP contribution in [0.15, 0.2) is 42.5 Å². The van der Waals surface area contributed by atoms with E-state index in [1.54, 1.807) is 30.0 Å². The molecule has 7 nitrogen and oxygen atoms in total. The van der Waals surface area contributed by atoms with E-state index >= 15 is 0 Å². The fraction of sp³-hybridized carbons (Fsp3) is 0.391. The molecule has 2 atom stereocenters. The fourth-order valence-corrected chi connectivity index (χ4v) is 4.40. The van der Waals surface area contributed by atoms with Crippen molar-refractivity contribution in [1.82, 2.24) is 0 Å². The highest BCUT2D eigenvalue weighted by atomic mass is 16.5. The maximum absolute atomic E-state index is 12.2. The second-order valence-electron chi connectivity index (χ2n) is 7.90. The number of nitrogens with one attached hydrogen (secondary N) is 1. The lowest BCUT2D eigenvalue weighted by Gasteiger charge is -2.39. The van der Waals surface area contributed by atoms with Crippen molar-refractivity contribution in [1.29, 1.82) is 0 Å². The Morgan fingerprint density at radius 2 is 1.80 bits per heavy atom. The Bertz CT molecular complexity index is 938. The topological polar surface area (TPSA) is 82.1 Å². The lowest BCUT2D eigenvalue weighted by atomic mass is 9.90. The number of morpholine rings is 1. The number of hydrogen-bond acceptors (Lipinski definition) is 5. The van der Waals surface area contributed by atoms with Gasteiger partial charge in [0.25, 0.3) is 0 Å². The van der Waals surface area contributed by atoms with Gasteiger partial charge in [-0.05, 0) is 61.4 Å². The van der Waals surface area contributed by atoms with Gasteiger partial charge in [0.05, 0.1) is 24.8 Å². The van der Waals surface area contributed by atoms with Crippen LogP contribution in [0, 0.1) is 0 Å². The second kappa shape index (κ2) is 8.36. The number of rotatable bonds is 4. The first kappa shape index (κ1) is 20.2. The molecule has 2 aromatic rings. The molecule has 2 heterocycles. The van der Waals surface area contributed by atoms with Crippen LogP contribution in [0.4, 0.5) is 17.1 Å². The van der Waals surface area contributed by atoms with Gasteiger partial charge in [0.1, 0.15) is 0 Å². The van der Waals surface area contributed by atoms with Gasteiger partial charge < -0.3 is 25.0 Å². The molecule has 0 spiro atoms. The van der Waals surface area contributed by atoms with E-state index < -0.39 is 5.97 Å². The Morgan fingerprint density at radius 3 is 2.43 bits per heavy atom. The van der Waals surface area contributed by atoms with Crippen LogP contribution >= 0.6 is 0 Å². The van der Waals surface area contributed by atoms with Gasteiger partial charge in [-0.2, -0.15) is 0 Å². The molecule has 0 saturated carbocycles. The third-order valence-corrected chi connectivity index (χ3v) is 5.85. The molecule has 0 aliphatic carbocycles. The Labute approximate surface area is 176 Å². The number of ether oxygens (including phenoxy) is 1. The summed E-state index contributed by atoms with van der Waals surface area (Å²) in [6.07, 6.45) is 0.695. The number of carboxylic acid groups (broad SMARTS) is 1. The summed E-state index contributed by atoms with van der Waals surface area (Å²) in [5.74, 6) is -1.01. The summed E-state index contributed by atoms with van der Waals surface area (Å²) < 4.78 is 5.42. The number of carboxylic acids is 1. The van der Waals surface area contributed by atoms with Gasteiger partial charge in [0.2, 0.25) is 5.91 Å². The molecule has 158 valence electrons. The highest BCUT2D eigenvalue weighted by Crippen LogP contribution is 2.39. The Morgan fingerprint density at radius 1 is 1.10 bits per heavy atom. The maximum Gasteiger partial charge on any atom is 0.335 e. The molecule has 2 N–H and O–H groups in total. The van der Waals surface area contributed by atoms with Crippen molar-refractivity contribution >= 4 is 28.9 Å². The lowest BCUT2D eigenvalue weighted by Crippen LogP contribution is -2.43. The highest BCUT2D eigenvalue weighted by Gasteiger charge is 2.33. The summed E-state index contributed by atoms with van der Waals surface area (Å²) in [5, 5.41) is 13.0. The minimum absolute atomic E-state index is 0.0100. The van der Waals surface area contributed by atoms with E-state index in [1.807, 2.05) is 19.1 Å². The van der Waals surface area contributed by atoms with E-state index in [0.717, 1.165) is 48.9 Å². The molecule has 1 saturated heterocycles. The lowest BCUT2D eigenvalue weighted by molar-refractivity contribution is -0.117. The first-order valence-electron chi connectivity index (χ1n) is 10.3. The second-order valence-corrected chi connectivity index (χ2v) is 7.90. The van der Waals surface area contributed by atoms with E-state index in [-0.39, 0.29) is 23.6 Å². The molecule has 2 aromatic carbocycles. The number of fused-ring (bicyclic) bond motifs is 1. The molecular formula is C23H27N3O4. The molecule has 0 unspecified atom stereocenters. The fourth-order valence-electron chi connectivity index (χ4n) is 4.40. The first-order chi connectivity index (χ1) is 14.4. The van der Waals surface area contributed by atoms with Gasteiger partial charge in [-0.15, -0.1) is 0 Å². The van der Waals surface area contributed by atoms with Crippen LogP contribution in [0.5, 0.6) is 0 Å². The van der Waals surface area contributed by atoms with Crippen molar-refractivity contribution < 1.29 is 19.4 Å². The molecule has 0 bridgehead atoms. The zero-order valence-corrected chi connectivity index (χ0v) is 17.3. The van der Waals surface area contributed by atoms with Crippen LogP contribution in [0.25, 0.3) is 0 Å². The number of carbonyl (C=O) groups excluding carboxylic acids is 1. The van der Waals surface area contributed by atoms with Crippen LogP contribution in [0.1, 0.15) is 42.2 Å². The van der Waals surface area contributed by atoms with Gasteiger partial charge in [-0.1, -0.05) is 0 Å². The molecular weight excluding hydrogens is 382 g/mol. The Balaban J connectivity index is 1.60. The van der Waals surface area contributed by atoms with Gasteiger partial charge in [-0.3, -0.25) is 4.79 Å². The van der Waals surface area contributed by atoms with E-state index in [0.29, 0.717) is 6.42 Å². The average Bonchev–Trinajstić information content (AvgIpc) is 2.74. The number of carbonyl (C=O) groups is 2. The third kappa shape index (κ3) is 3.98. The minimum Gasteiger partial charge on any atom is -0.478 e. The molecule has 0 aromatic heterocycles. The van der Waals surface area contributed by atoms with Crippen molar-refractivity contribution in [2.24, 2.45) is 0 Å². The summed E-state index contributed by atoms with van der Waals surface area (Å²) in [7, 11) is 0. The van der Waals surface area contributed by atoms with Crippen molar-refractivity contribution in [3.63, 3.8) is 0 Å². The normalized spacial score (nSPS) is 21.1. The van der Waals surface area contributed by atoms with Gasteiger partial charge in [-0.25, -0.2) is 4.79 Å². The number of hydrogen-bond donors (Lipinski definition) is 2. The number of amides is 1. The number of benzene rings is 2. The predicted octanol–water partition coefficient (Wildman–Crippen LogP) is 3.52. The molecule has 2 aliphatic rings.